The number of ether oxygens (including phenoxy) is 2. The quantitative estimate of drug-likeness (QED) is 0.286. The zero-order valence-electron chi connectivity index (χ0n) is 11.1. The third kappa shape index (κ3) is 13.1. The normalized spacial score (nSPS) is 12.1. The molecule has 0 saturated heterocycles. The number of hydrogen-bond acceptors (Lipinski definition) is 4. The lowest BCUT2D eigenvalue weighted by Crippen LogP contribution is -2.36. The summed E-state index contributed by atoms with van der Waals surface area (Å²) in [7, 11) is 0. The van der Waals surface area contributed by atoms with E-state index in [0.717, 1.165) is 0 Å². The van der Waals surface area contributed by atoms with Gasteiger partial charge in [0.1, 0.15) is 0 Å². The van der Waals surface area contributed by atoms with Crippen LogP contribution in [0.4, 0.5) is 0 Å². The molecule has 0 aliphatic rings. The van der Waals surface area contributed by atoms with Crippen LogP contribution in [-0.2, 0) is 19.1 Å². The first-order chi connectivity index (χ1) is 10.0. The van der Waals surface area contributed by atoms with Crippen LogP contribution in [-0.4, -0.2) is 55.6 Å². The van der Waals surface area contributed by atoms with Crippen LogP contribution in [0.15, 0.2) is 0 Å². The van der Waals surface area contributed by atoms with E-state index in [-0.39, 0.29) is 11.8 Å². The molecule has 0 radical (unpaired) electrons. The second-order valence-electron chi connectivity index (χ2n) is 3.73. The molecule has 0 rings (SSSR count). The Morgan fingerprint density at radius 1 is 0.682 bits per heavy atom. The van der Waals surface area contributed by atoms with Crippen molar-refractivity contribution < 1.29 is 19.1 Å². The minimum atomic E-state index is -0.947. The van der Waals surface area contributed by atoms with Crippen molar-refractivity contribution in [2.75, 3.05) is 39.5 Å². The molecule has 0 bridgehead atoms. The van der Waals surface area contributed by atoms with E-state index < -0.39 is 4.29 Å². The van der Waals surface area contributed by atoms with Gasteiger partial charge in [0.2, 0.25) is 4.29 Å². The molecule has 6 nitrogen and oxygen atoms in total. The van der Waals surface area contributed by atoms with Gasteiger partial charge in [0, 0.05) is 13.1 Å². The fourth-order valence-corrected chi connectivity index (χ4v) is 1.84. The van der Waals surface area contributed by atoms with Crippen LogP contribution in [0.5, 0.6) is 0 Å². The molecule has 0 unspecified atom stereocenters. The van der Waals surface area contributed by atoms with Gasteiger partial charge in [-0.05, 0) is 95.6 Å². The highest BCUT2D eigenvalue weighted by atomic mass is 80.0. The second kappa shape index (κ2) is 12.2. The standard InChI is InChI=1S/C10H14Br6N2O4/c11-9(12,13)7(19)17-1-3-21-5-6-22-4-2-18-8(20)10(14,15)16/h1-6H2,(H,17,19)(H,18,20). The van der Waals surface area contributed by atoms with Crippen LogP contribution in [0.2, 0.25) is 0 Å². The van der Waals surface area contributed by atoms with Crippen molar-refractivity contribution in [2.45, 2.75) is 4.29 Å². The monoisotopic (exact) mass is 700 g/mol. The lowest BCUT2D eigenvalue weighted by atomic mass is 10.6. The number of rotatable bonds is 9. The average molecular weight is 706 g/mol. The summed E-state index contributed by atoms with van der Waals surface area (Å²) in [4.78, 5) is 22.8. The summed E-state index contributed by atoms with van der Waals surface area (Å²) in [5.74, 6) is -0.492. The van der Waals surface area contributed by atoms with Gasteiger partial charge in [0.15, 0.2) is 0 Å². The van der Waals surface area contributed by atoms with Gasteiger partial charge >= 0.3 is 0 Å². The van der Waals surface area contributed by atoms with E-state index in [9.17, 15) is 9.59 Å². The molecule has 0 heterocycles. The summed E-state index contributed by atoms with van der Waals surface area (Å²) in [6.07, 6.45) is 0. The molecule has 0 aromatic carbocycles. The maximum atomic E-state index is 11.4. The Balaban J connectivity index is 3.38. The first-order valence-electron chi connectivity index (χ1n) is 5.90. The van der Waals surface area contributed by atoms with Crippen molar-refractivity contribution >= 4 is 107 Å². The fraction of sp³-hybridized carbons (Fsp3) is 0.800. The molecule has 130 valence electrons. The largest absolute Gasteiger partial charge is 0.377 e. The van der Waals surface area contributed by atoms with Crippen LogP contribution >= 0.6 is 95.6 Å². The first-order valence-corrected chi connectivity index (χ1v) is 10.7. The number of nitrogens with one attached hydrogen (secondary N) is 2. The van der Waals surface area contributed by atoms with Gasteiger partial charge in [-0.15, -0.1) is 0 Å². The Morgan fingerprint density at radius 3 is 1.27 bits per heavy atom. The molecule has 0 saturated carbocycles. The number of carbonyl (C=O) groups excluding carboxylic acids is 2. The van der Waals surface area contributed by atoms with Crippen LogP contribution < -0.4 is 10.6 Å². The van der Waals surface area contributed by atoms with Gasteiger partial charge in [0.25, 0.3) is 11.8 Å². The molecule has 0 spiro atoms. The second-order valence-corrected chi connectivity index (χ2v) is 17.3. The van der Waals surface area contributed by atoms with Gasteiger partial charge < -0.3 is 20.1 Å². The Morgan fingerprint density at radius 2 is 1.00 bits per heavy atom. The maximum absolute atomic E-state index is 11.4. The predicted octanol–water partition coefficient (Wildman–Crippen LogP) is 2.93. The third-order valence-electron chi connectivity index (χ3n) is 1.95. The third-order valence-corrected chi connectivity index (χ3v) is 4.11. The van der Waals surface area contributed by atoms with E-state index in [4.69, 9.17) is 9.47 Å². The summed E-state index contributed by atoms with van der Waals surface area (Å²) in [6, 6.07) is 0. The number of amides is 2. The van der Waals surface area contributed by atoms with Gasteiger partial charge in [-0.1, -0.05) is 0 Å². The summed E-state index contributed by atoms with van der Waals surface area (Å²) in [5, 5.41) is 5.31. The van der Waals surface area contributed by atoms with Crippen molar-refractivity contribution in [1.82, 2.24) is 10.6 Å². The van der Waals surface area contributed by atoms with Crippen molar-refractivity contribution in [1.29, 1.82) is 0 Å². The van der Waals surface area contributed by atoms with Gasteiger partial charge in [-0.3, -0.25) is 9.59 Å². The Kier molecular flexibility index (Phi) is 13.1. The Labute approximate surface area is 179 Å². The lowest BCUT2D eigenvalue weighted by molar-refractivity contribution is -0.120. The number of hydrogen-bond donors (Lipinski definition) is 2. The molecule has 0 aliphatic carbocycles. The average Bonchev–Trinajstić information content (AvgIpc) is 2.38. The highest BCUT2D eigenvalue weighted by Gasteiger charge is 2.28. The smallest absolute Gasteiger partial charge is 0.258 e. The fourth-order valence-electron chi connectivity index (χ4n) is 0.996. The molecule has 0 aromatic rings. The van der Waals surface area contributed by atoms with Crippen molar-refractivity contribution in [2.24, 2.45) is 0 Å². The molecule has 0 aromatic heterocycles. The number of halogens is 6. The minimum Gasteiger partial charge on any atom is -0.377 e. The molecule has 0 aliphatic heterocycles. The number of carbonyl (C=O) groups is 2. The van der Waals surface area contributed by atoms with E-state index in [2.05, 4.69) is 106 Å². The van der Waals surface area contributed by atoms with E-state index >= 15 is 0 Å². The van der Waals surface area contributed by atoms with E-state index in [1.807, 2.05) is 0 Å². The molecule has 2 N–H and O–H groups in total. The molecule has 0 fully saturated rings. The summed E-state index contributed by atoms with van der Waals surface area (Å²) in [6.45, 7) is 2.37. The maximum Gasteiger partial charge on any atom is 0.258 e. The van der Waals surface area contributed by atoms with Gasteiger partial charge in [0.05, 0.1) is 26.4 Å². The van der Waals surface area contributed by atoms with Crippen molar-refractivity contribution in [3.63, 3.8) is 0 Å². The van der Waals surface area contributed by atoms with Crippen LogP contribution in [0.1, 0.15) is 0 Å². The van der Waals surface area contributed by atoms with E-state index in [0.29, 0.717) is 39.5 Å². The SMILES string of the molecule is O=C(NCCOCCOCCNC(=O)C(Br)(Br)Br)C(Br)(Br)Br. The van der Waals surface area contributed by atoms with Crippen LogP contribution in [0, 0.1) is 0 Å². The summed E-state index contributed by atoms with van der Waals surface area (Å²) < 4.78 is 8.67. The number of alkyl halides is 6. The van der Waals surface area contributed by atoms with Crippen LogP contribution in [0.3, 0.4) is 0 Å². The highest BCUT2D eigenvalue weighted by molar-refractivity contribution is 9.40. The Hall–Kier alpha value is 1.74. The topological polar surface area (TPSA) is 76.7 Å². The summed E-state index contributed by atoms with van der Waals surface area (Å²) >= 11 is 18.6. The predicted molar refractivity (Wildman–Crippen MR) is 107 cm³/mol. The molecule has 2 amide bonds. The minimum absolute atomic E-state index is 0.246. The highest BCUT2D eigenvalue weighted by Crippen LogP contribution is 2.33. The molecule has 0 atom stereocenters. The van der Waals surface area contributed by atoms with Gasteiger partial charge in [-0.25, -0.2) is 0 Å². The molecule has 22 heavy (non-hydrogen) atoms. The van der Waals surface area contributed by atoms with E-state index in [1.54, 1.807) is 0 Å². The first kappa shape index (κ1) is 23.7. The van der Waals surface area contributed by atoms with Crippen molar-refractivity contribution in [3.8, 4) is 0 Å². The summed E-state index contributed by atoms with van der Waals surface area (Å²) in [5.41, 5.74) is 0. The molecular formula is C10H14Br6N2O4. The van der Waals surface area contributed by atoms with Crippen molar-refractivity contribution in [3.05, 3.63) is 0 Å². The Bertz CT molecular complexity index is 324. The molecular weight excluding hydrogens is 692 g/mol. The van der Waals surface area contributed by atoms with Gasteiger partial charge in [-0.2, -0.15) is 0 Å². The van der Waals surface area contributed by atoms with E-state index in [1.165, 1.54) is 0 Å². The zero-order valence-corrected chi connectivity index (χ0v) is 20.7. The lowest BCUT2D eigenvalue weighted by Gasteiger charge is -2.13. The van der Waals surface area contributed by atoms with Crippen LogP contribution in [0.25, 0.3) is 0 Å². The zero-order chi connectivity index (χ0) is 17.2. The molecule has 12 heteroatoms.